The van der Waals surface area contributed by atoms with Gasteiger partial charge >= 0.3 is 5.97 Å². The number of aliphatic carboxylic acids is 1. The van der Waals surface area contributed by atoms with Gasteiger partial charge in [-0.25, -0.2) is 4.79 Å². The summed E-state index contributed by atoms with van der Waals surface area (Å²) in [6, 6.07) is 3.76. The fourth-order valence-electron chi connectivity index (χ4n) is 2.27. The molecule has 1 N–H and O–H groups in total. The second-order valence-electron chi connectivity index (χ2n) is 4.40. The Labute approximate surface area is 94.9 Å². The number of pyridine rings is 1. The van der Waals surface area contributed by atoms with Gasteiger partial charge in [-0.05, 0) is 38.3 Å². The average molecular weight is 220 g/mol. The maximum absolute atomic E-state index is 11.4. The van der Waals surface area contributed by atoms with Gasteiger partial charge in [0.05, 0.1) is 11.9 Å². The Bertz CT molecular complexity index is 380. The molecular formula is C12H16N2O2. The number of anilines is 1. The van der Waals surface area contributed by atoms with Crippen LogP contribution in [0.5, 0.6) is 0 Å². The van der Waals surface area contributed by atoms with Crippen LogP contribution in [0.1, 0.15) is 26.2 Å². The fraction of sp³-hybridized carbons (Fsp3) is 0.500. The lowest BCUT2D eigenvalue weighted by molar-refractivity contribution is -0.143. The Morgan fingerprint density at radius 1 is 1.56 bits per heavy atom. The first-order chi connectivity index (χ1) is 7.64. The van der Waals surface area contributed by atoms with Crippen LogP contribution in [0.15, 0.2) is 24.5 Å². The number of rotatable bonds is 2. The monoisotopic (exact) mass is 220 g/mol. The van der Waals surface area contributed by atoms with Gasteiger partial charge in [-0.3, -0.25) is 4.98 Å². The minimum Gasteiger partial charge on any atom is -0.480 e. The molecule has 0 spiro atoms. The molecule has 1 saturated heterocycles. The van der Waals surface area contributed by atoms with Gasteiger partial charge in [-0.15, -0.1) is 0 Å². The second kappa shape index (κ2) is 4.12. The van der Waals surface area contributed by atoms with Gasteiger partial charge in [0.25, 0.3) is 0 Å². The van der Waals surface area contributed by atoms with Crippen molar-refractivity contribution < 1.29 is 9.90 Å². The normalized spacial score (nSPS) is 25.4. The first kappa shape index (κ1) is 10.9. The molecule has 0 amide bonds. The predicted octanol–water partition coefficient (Wildman–Crippen LogP) is 1.92. The van der Waals surface area contributed by atoms with Crippen LogP contribution < -0.4 is 4.90 Å². The van der Waals surface area contributed by atoms with Crippen LogP contribution in [-0.4, -0.2) is 28.1 Å². The molecule has 1 atom stereocenters. The van der Waals surface area contributed by atoms with Crippen molar-refractivity contribution in [3.63, 3.8) is 0 Å². The van der Waals surface area contributed by atoms with Crippen molar-refractivity contribution in [1.29, 1.82) is 0 Å². The Morgan fingerprint density at radius 2 is 2.38 bits per heavy atom. The summed E-state index contributed by atoms with van der Waals surface area (Å²) in [6.07, 6.45) is 6.13. The molecule has 0 aliphatic carbocycles. The van der Waals surface area contributed by atoms with Gasteiger partial charge in [-0.1, -0.05) is 0 Å². The lowest BCUT2D eigenvalue weighted by atomic mass is 9.88. The highest BCUT2D eigenvalue weighted by molar-refractivity contribution is 5.83. The van der Waals surface area contributed by atoms with E-state index in [0.717, 1.165) is 25.1 Å². The minimum absolute atomic E-state index is 0.692. The molecule has 1 unspecified atom stereocenters. The molecule has 1 fully saturated rings. The van der Waals surface area contributed by atoms with Gasteiger partial charge in [0, 0.05) is 12.7 Å². The summed E-state index contributed by atoms with van der Waals surface area (Å²) in [5, 5.41) is 9.37. The van der Waals surface area contributed by atoms with Crippen LogP contribution in [0.4, 0.5) is 5.69 Å². The predicted molar refractivity (Wildman–Crippen MR) is 61.5 cm³/mol. The SMILES string of the molecule is CC1(C(=O)O)CCCCN1c1cccnc1. The molecule has 86 valence electrons. The zero-order valence-corrected chi connectivity index (χ0v) is 9.39. The number of hydrogen-bond acceptors (Lipinski definition) is 3. The molecule has 1 aliphatic heterocycles. The third-order valence-corrected chi connectivity index (χ3v) is 3.31. The van der Waals surface area contributed by atoms with E-state index in [9.17, 15) is 9.90 Å². The minimum atomic E-state index is -0.790. The van der Waals surface area contributed by atoms with E-state index in [1.54, 1.807) is 19.3 Å². The van der Waals surface area contributed by atoms with E-state index in [1.807, 2.05) is 17.0 Å². The van der Waals surface area contributed by atoms with Crippen molar-refractivity contribution in [1.82, 2.24) is 4.98 Å². The molecule has 4 heteroatoms. The molecule has 0 bridgehead atoms. The summed E-state index contributed by atoms with van der Waals surface area (Å²) in [5.74, 6) is -0.754. The van der Waals surface area contributed by atoms with Crippen molar-refractivity contribution in [2.75, 3.05) is 11.4 Å². The molecule has 1 aromatic rings. The van der Waals surface area contributed by atoms with E-state index in [4.69, 9.17) is 0 Å². The topological polar surface area (TPSA) is 53.4 Å². The standard InChI is InChI=1S/C12H16N2O2/c1-12(11(15)16)6-2-3-8-14(12)10-5-4-7-13-9-10/h4-5,7,9H,2-3,6,8H2,1H3,(H,15,16). The quantitative estimate of drug-likeness (QED) is 0.827. The Hall–Kier alpha value is -1.58. The molecular weight excluding hydrogens is 204 g/mol. The third-order valence-electron chi connectivity index (χ3n) is 3.31. The lowest BCUT2D eigenvalue weighted by Gasteiger charge is -2.43. The van der Waals surface area contributed by atoms with Crippen molar-refractivity contribution in [2.45, 2.75) is 31.7 Å². The van der Waals surface area contributed by atoms with Gasteiger partial charge in [-0.2, -0.15) is 0 Å². The number of piperidine rings is 1. The zero-order valence-electron chi connectivity index (χ0n) is 9.39. The molecule has 2 rings (SSSR count). The number of hydrogen-bond donors (Lipinski definition) is 1. The Morgan fingerprint density at radius 3 is 3.00 bits per heavy atom. The summed E-state index contributed by atoms with van der Waals surface area (Å²) in [7, 11) is 0. The lowest BCUT2D eigenvalue weighted by Crippen LogP contribution is -2.55. The number of aromatic nitrogens is 1. The van der Waals surface area contributed by atoms with Crippen LogP contribution in [0.3, 0.4) is 0 Å². The second-order valence-corrected chi connectivity index (χ2v) is 4.40. The Balaban J connectivity index is 2.34. The van der Waals surface area contributed by atoms with Crippen molar-refractivity contribution in [2.24, 2.45) is 0 Å². The first-order valence-electron chi connectivity index (χ1n) is 5.56. The molecule has 4 nitrogen and oxygen atoms in total. The molecule has 1 aliphatic rings. The van der Waals surface area contributed by atoms with Crippen molar-refractivity contribution in [3.05, 3.63) is 24.5 Å². The van der Waals surface area contributed by atoms with Crippen LogP contribution in [-0.2, 0) is 4.79 Å². The summed E-state index contributed by atoms with van der Waals surface area (Å²) in [5.41, 5.74) is 0.105. The van der Waals surface area contributed by atoms with Gasteiger partial charge in [0.15, 0.2) is 0 Å². The molecule has 16 heavy (non-hydrogen) atoms. The first-order valence-corrected chi connectivity index (χ1v) is 5.56. The van der Waals surface area contributed by atoms with Crippen molar-refractivity contribution >= 4 is 11.7 Å². The highest BCUT2D eigenvalue weighted by Crippen LogP contribution is 2.32. The van der Waals surface area contributed by atoms with Crippen LogP contribution in [0.2, 0.25) is 0 Å². The molecule has 0 radical (unpaired) electrons. The maximum Gasteiger partial charge on any atom is 0.329 e. The van der Waals surface area contributed by atoms with Crippen LogP contribution in [0, 0.1) is 0 Å². The largest absolute Gasteiger partial charge is 0.480 e. The van der Waals surface area contributed by atoms with E-state index >= 15 is 0 Å². The van der Waals surface area contributed by atoms with Crippen LogP contribution >= 0.6 is 0 Å². The van der Waals surface area contributed by atoms with Gasteiger partial charge < -0.3 is 10.0 Å². The van der Waals surface area contributed by atoms with E-state index in [1.165, 1.54) is 0 Å². The van der Waals surface area contributed by atoms with E-state index in [2.05, 4.69) is 4.98 Å². The smallest absolute Gasteiger partial charge is 0.329 e. The van der Waals surface area contributed by atoms with E-state index in [-0.39, 0.29) is 0 Å². The van der Waals surface area contributed by atoms with Gasteiger partial charge in [0.1, 0.15) is 5.54 Å². The molecule has 1 aromatic heterocycles. The number of carboxylic acids is 1. The highest BCUT2D eigenvalue weighted by atomic mass is 16.4. The number of carbonyl (C=O) groups is 1. The summed E-state index contributed by atoms with van der Waals surface area (Å²) < 4.78 is 0. The van der Waals surface area contributed by atoms with Gasteiger partial charge in [0.2, 0.25) is 0 Å². The molecule has 2 heterocycles. The summed E-state index contributed by atoms with van der Waals surface area (Å²) >= 11 is 0. The highest BCUT2D eigenvalue weighted by Gasteiger charge is 2.41. The third kappa shape index (κ3) is 1.75. The maximum atomic E-state index is 11.4. The average Bonchev–Trinajstić information content (AvgIpc) is 2.30. The number of carboxylic acid groups (broad SMARTS) is 1. The summed E-state index contributed by atoms with van der Waals surface area (Å²) in [4.78, 5) is 17.4. The Kier molecular flexibility index (Phi) is 2.81. The van der Waals surface area contributed by atoms with Crippen molar-refractivity contribution in [3.8, 4) is 0 Å². The van der Waals surface area contributed by atoms with E-state index < -0.39 is 11.5 Å². The van der Waals surface area contributed by atoms with E-state index in [0.29, 0.717) is 6.42 Å². The molecule has 0 saturated carbocycles. The number of nitrogens with zero attached hydrogens (tertiary/aromatic N) is 2. The zero-order chi connectivity index (χ0) is 11.6. The summed E-state index contributed by atoms with van der Waals surface area (Å²) in [6.45, 7) is 2.58. The van der Waals surface area contributed by atoms with Crippen LogP contribution in [0.25, 0.3) is 0 Å². The molecule has 0 aromatic carbocycles. The fourth-order valence-corrected chi connectivity index (χ4v) is 2.27.